The summed E-state index contributed by atoms with van der Waals surface area (Å²) in [6.45, 7) is 7.75. The molecule has 0 atom stereocenters. The van der Waals surface area contributed by atoms with Crippen LogP contribution in [0.15, 0.2) is 54.6 Å². The van der Waals surface area contributed by atoms with Gasteiger partial charge in [0.2, 0.25) is 0 Å². The first-order valence-corrected chi connectivity index (χ1v) is 13.3. The minimum Gasteiger partial charge on any atom is -0.507 e. The van der Waals surface area contributed by atoms with E-state index in [1.807, 2.05) is 70.2 Å². The molecule has 0 unspecified atom stereocenters. The quantitative estimate of drug-likeness (QED) is 0.196. The highest BCUT2D eigenvalue weighted by atomic mass is 16.3. The van der Waals surface area contributed by atoms with E-state index in [2.05, 4.69) is 6.07 Å². The summed E-state index contributed by atoms with van der Waals surface area (Å²) >= 11 is 0. The van der Waals surface area contributed by atoms with Gasteiger partial charge in [-0.15, -0.1) is 0 Å². The fraction of sp³-hybridized carbons (Fsp3) is 0.294. The molecular formula is C34H38O5. The largest absolute Gasteiger partial charge is 0.507 e. The Bertz CT molecular complexity index is 1500. The number of aromatic hydroxyl groups is 2. The van der Waals surface area contributed by atoms with Crippen molar-refractivity contribution >= 4 is 0 Å². The number of aryl methyl sites for hydroxylation is 4. The van der Waals surface area contributed by atoms with Crippen LogP contribution in [0.5, 0.6) is 11.5 Å². The van der Waals surface area contributed by atoms with Crippen LogP contribution in [0, 0.1) is 27.7 Å². The highest BCUT2D eigenvalue weighted by molar-refractivity contribution is 5.52. The Morgan fingerprint density at radius 3 is 1.26 bits per heavy atom. The van der Waals surface area contributed by atoms with Crippen molar-refractivity contribution in [1.29, 1.82) is 0 Å². The molecule has 0 amide bonds. The van der Waals surface area contributed by atoms with Crippen LogP contribution in [0.1, 0.15) is 72.3 Å². The highest BCUT2D eigenvalue weighted by Crippen LogP contribution is 2.34. The van der Waals surface area contributed by atoms with Crippen LogP contribution < -0.4 is 0 Å². The Morgan fingerprint density at radius 2 is 0.821 bits per heavy atom. The zero-order valence-corrected chi connectivity index (χ0v) is 23.2. The van der Waals surface area contributed by atoms with Crippen molar-refractivity contribution in [1.82, 2.24) is 0 Å². The Hall–Kier alpha value is -3.64. The van der Waals surface area contributed by atoms with E-state index >= 15 is 0 Å². The second kappa shape index (κ2) is 12.0. The molecule has 0 fully saturated rings. The number of aliphatic hydroxyl groups is 3. The van der Waals surface area contributed by atoms with Crippen LogP contribution in [-0.2, 0) is 39.1 Å². The minimum atomic E-state index is -0.166. The second-order valence-electron chi connectivity index (χ2n) is 10.6. The van der Waals surface area contributed by atoms with Gasteiger partial charge >= 0.3 is 0 Å². The van der Waals surface area contributed by atoms with Crippen LogP contribution in [0.3, 0.4) is 0 Å². The van der Waals surface area contributed by atoms with Crippen molar-refractivity contribution in [3.05, 3.63) is 127 Å². The van der Waals surface area contributed by atoms with Gasteiger partial charge in [0.1, 0.15) is 11.5 Å². The summed E-state index contributed by atoms with van der Waals surface area (Å²) in [5, 5.41) is 51.9. The number of aliphatic hydroxyl groups excluding tert-OH is 3. The predicted molar refractivity (Wildman–Crippen MR) is 154 cm³/mol. The van der Waals surface area contributed by atoms with Crippen molar-refractivity contribution in [2.75, 3.05) is 0 Å². The van der Waals surface area contributed by atoms with E-state index in [0.29, 0.717) is 41.5 Å². The molecule has 0 heterocycles. The zero-order valence-electron chi connectivity index (χ0n) is 23.2. The molecule has 0 radical (unpaired) electrons. The van der Waals surface area contributed by atoms with Gasteiger partial charge in [0, 0.05) is 19.3 Å². The van der Waals surface area contributed by atoms with Crippen LogP contribution >= 0.6 is 0 Å². The third-order valence-corrected chi connectivity index (χ3v) is 7.79. The van der Waals surface area contributed by atoms with E-state index in [9.17, 15) is 25.5 Å². The molecule has 4 aromatic rings. The smallest absolute Gasteiger partial charge is 0.122 e. The van der Waals surface area contributed by atoms with E-state index in [1.54, 1.807) is 6.07 Å². The number of benzene rings is 4. The lowest BCUT2D eigenvalue weighted by Crippen LogP contribution is -2.02. The Morgan fingerprint density at radius 1 is 0.436 bits per heavy atom. The third-order valence-electron chi connectivity index (χ3n) is 7.79. The molecule has 0 aliphatic heterocycles. The van der Waals surface area contributed by atoms with Gasteiger partial charge in [-0.3, -0.25) is 0 Å². The standard InChI is InChI=1S/C34H38O5/c1-20-8-22(3)31(18-36)15-27(20)12-25-6-5-7-26(33(25)38)13-29-10-24(17-35)11-30(34(29)39)14-28-16-32(19-37)23(4)9-21(28)2/h5-11,15-16,35-39H,12-14,17-19H2,1-4H3. The number of para-hydroxylation sites is 1. The van der Waals surface area contributed by atoms with Crippen LogP contribution in [0.25, 0.3) is 0 Å². The number of hydrogen-bond donors (Lipinski definition) is 5. The molecule has 0 spiro atoms. The molecule has 4 aromatic carbocycles. The maximum absolute atomic E-state index is 11.3. The molecule has 0 aliphatic carbocycles. The number of hydrogen-bond acceptors (Lipinski definition) is 5. The van der Waals surface area contributed by atoms with Gasteiger partial charge in [0.15, 0.2) is 0 Å². The molecule has 39 heavy (non-hydrogen) atoms. The number of rotatable bonds is 9. The average Bonchev–Trinajstić information content (AvgIpc) is 2.91. The van der Waals surface area contributed by atoms with Gasteiger partial charge in [-0.1, -0.05) is 42.5 Å². The summed E-state index contributed by atoms with van der Waals surface area (Å²) < 4.78 is 0. The molecule has 0 aromatic heterocycles. The third kappa shape index (κ3) is 6.17. The normalized spacial score (nSPS) is 11.3. The topological polar surface area (TPSA) is 101 Å². The fourth-order valence-corrected chi connectivity index (χ4v) is 5.36. The SMILES string of the molecule is Cc1cc(C)c(Cc2cccc(Cc3cc(CO)cc(Cc4cc(CO)c(C)cc4C)c3O)c2O)cc1CO. The molecular weight excluding hydrogens is 488 g/mol. The second-order valence-corrected chi connectivity index (χ2v) is 10.6. The van der Waals surface area contributed by atoms with Gasteiger partial charge in [-0.05, 0) is 112 Å². The van der Waals surface area contributed by atoms with E-state index in [0.717, 1.165) is 50.1 Å². The van der Waals surface area contributed by atoms with Crippen molar-refractivity contribution in [3.8, 4) is 11.5 Å². The maximum Gasteiger partial charge on any atom is 0.122 e. The van der Waals surface area contributed by atoms with E-state index in [4.69, 9.17) is 0 Å². The average molecular weight is 527 g/mol. The fourth-order valence-electron chi connectivity index (χ4n) is 5.36. The van der Waals surface area contributed by atoms with Gasteiger partial charge in [0.05, 0.1) is 19.8 Å². The number of phenolic OH excluding ortho intramolecular Hbond substituents is 2. The molecule has 0 saturated heterocycles. The molecule has 4 rings (SSSR count). The first kappa shape index (κ1) is 28.4. The Labute approximate surface area is 230 Å². The predicted octanol–water partition coefficient (Wildman–Crippen LogP) is 5.58. The first-order chi connectivity index (χ1) is 18.6. The van der Waals surface area contributed by atoms with Crippen LogP contribution in [-0.4, -0.2) is 25.5 Å². The summed E-state index contributed by atoms with van der Waals surface area (Å²) in [7, 11) is 0. The summed E-state index contributed by atoms with van der Waals surface area (Å²) in [5.41, 5.74) is 11.5. The van der Waals surface area contributed by atoms with Gasteiger partial charge in [0.25, 0.3) is 0 Å². The lowest BCUT2D eigenvalue weighted by molar-refractivity contribution is 0.280. The lowest BCUT2D eigenvalue weighted by atomic mass is 9.90. The van der Waals surface area contributed by atoms with Crippen molar-refractivity contribution in [2.45, 2.75) is 66.8 Å². The monoisotopic (exact) mass is 526 g/mol. The van der Waals surface area contributed by atoms with Gasteiger partial charge in [-0.25, -0.2) is 0 Å². The Balaban J connectivity index is 1.67. The highest BCUT2D eigenvalue weighted by Gasteiger charge is 2.17. The molecule has 5 heteroatoms. The van der Waals surface area contributed by atoms with Crippen molar-refractivity contribution in [3.63, 3.8) is 0 Å². The first-order valence-electron chi connectivity index (χ1n) is 13.3. The maximum atomic E-state index is 11.3. The summed E-state index contributed by atoms with van der Waals surface area (Å²) in [4.78, 5) is 0. The molecule has 0 bridgehead atoms. The lowest BCUT2D eigenvalue weighted by Gasteiger charge is -2.17. The summed E-state index contributed by atoms with van der Waals surface area (Å²) in [5.74, 6) is 0.324. The number of phenols is 2. The summed E-state index contributed by atoms with van der Waals surface area (Å²) in [6.07, 6.45) is 1.28. The summed E-state index contributed by atoms with van der Waals surface area (Å²) in [6, 6.07) is 17.3. The molecule has 5 nitrogen and oxygen atoms in total. The van der Waals surface area contributed by atoms with E-state index in [-0.39, 0.29) is 31.3 Å². The Kier molecular flexibility index (Phi) is 8.76. The van der Waals surface area contributed by atoms with E-state index < -0.39 is 0 Å². The molecule has 0 aliphatic rings. The van der Waals surface area contributed by atoms with Gasteiger partial charge in [-0.2, -0.15) is 0 Å². The van der Waals surface area contributed by atoms with Gasteiger partial charge < -0.3 is 25.5 Å². The van der Waals surface area contributed by atoms with Crippen molar-refractivity contribution < 1.29 is 25.5 Å². The molecule has 5 N–H and O–H groups in total. The minimum absolute atomic E-state index is 0.0304. The van der Waals surface area contributed by atoms with E-state index in [1.165, 1.54) is 0 Å². The van der Waals surface area contributed by atoms with Crippen molar-refractivity contribution in [2.24, 2.45) is 0 Å². The van der Waals surface area contributed by atoms with Crippen LogP contribution in [0.4, 0.5) is 0 Å². The molecule has 0 saturated carbocycles. The van der Waals surface area contributed by atoms with Crippen LogP contribution in [0.2, 0.25) is 0 Å². The molecule has 204 valence electrons. The zero-order chi connectivity index (χ0) is 28.3.